The second-order valence-corrected chi connectivity index (χ2v) is 17.4. The molecule has 1 aromatic carbocycles. The standard InChI is InChI=1S/C39H44F2N10O3S/c1-38(2,3)54-37(52)51-25-8-9-26(51)19-48(18-25)34-28(15-43)32-31(35(46-34)53-20-39-11-6-12-50(39)17-24(40)13-39)44-22-49(32)16-23-7-10-29(41)33-30(23)27(14-42)36(55-33)45-21-47(4)5/h7,10,21-22,24-26H,6,8-9,11-13,16-20H2,1-5H3/b45-21+/t24-,25?,26?,39+/m1/s1. The number of piperazine rings is 1. The predicted molar refractivity (Wildman–Crippen MR) is 205 cm³/mol. The highest BCUT2D eigenvalue weighted by molar-refractivity contribution is 7.23. The quantitative estimate of drug-likeness (QED) is 0.147. The molecule has 4 aliphatic heterocycles. The van der Waals surface area contributed by atoms with Gasteiger partial charge in [-0.3, -0.25) is 9.80 Å². The number of hydrogen-bond acceptors (Lipinski definition) is 11. The van der Waals surface area contributed by atoms with Crippen LogP contribution in [0, 0.1) is 28.5 Å². The van der Waals surface area contributed by atoms with Crippen molar-refractivity contribution in [3.8, 4) is 18.0 Å². The number of nitrogens with zero attached hydrogens (tertiary/aromatic N) is 10. The number of halogens is 2. The number of rotatable bonds is 8. The van der Waals surface area contributed by atoms with Crippen molar-refractivity contribution in [2.75, 3.05) is 51.8 Å². The summed E-state index contributed by atoms with van der Waals surface area (Å²) in [6.07, 6.45) is 5.64. The minimum absolute atomic E-state index is 0.141. The highest BCUT2D eigenvalue weighted by Gasteiger charge is 2.50. The first kappa shape index (κ1) is 36.9. The van der Waals surface area contributed by atoms with Crippen LogP contribution in [0.25, 0.3) is 21.1 Å². The lowest BCUT2D eigenvalue weighted by Crippen LogP contribution is -2.57. The third-order valence-electron chi connectivity index (χ3n) is 11.2. The summed E-state index contributed by atoms with van der Waals surface area (Å²) in [6, 6.07) is 7.40. The summed E-state index contributed by atoms with van der Waals surface area (Å²) in [5.41, 5.74) is 0.999. The molecule has 55 heavy (non-hydrogen) atoms. The lowest BCUT2D eigenvalue weighted by Gasteiger charge is -2.42. The molecule has 8 rings (SSSR count). The van der Waals surface area contributed by atoms with Gasteiger partial charge >= 0.3 is 6.09 Å². The Kier molecular flexibility index (Phi) is 9.33. The summed E-state index contributed by atoms with van der Waals surface area (Å²) in [4.78, 5) is 35.3. The molecule has 16 heteroatoms. The number of alkyl halides is 1. The Morgan fingerprint density at radius 1 is 1.16 bits per heavy atom. The minimum atomic E-state index is -0.929. The topological polar surface area (TPSA) is 139 Å². The molecule has 0 N–H and O–H groups in total. The SMILES string of the molecule is CN(C)/C=N/c1sc2c(F)ccc(Cn3cnc4c(OC[C@@]56CCCN5C[C@H](F)C6)nc(N5CC6CCC(C5)N6C(=O)OC(C)(C)C)c(C#N)c43)c2c1C#N. The number of amides is 1. The Labute approximate surface area is 322 Å². The maximum Gasteiger partial charge on any atom is 0.410 e. The van der Waals surface area contributed by atoms with Gasteiger partial charge in [0.05, 0.1) is 46.1 Å². The van der Waals surface area contributed by atoms with E-state index in [1.54, 1.807) is 23.6 Å². The maximum absolute atomic E-state index is 15.3. The van der Waals surface area contributed by atoms with Crippen LogP contribution in [0.1, 0.15) is 69.6 Å². The van der Waals surface area contributed by atoms with Crippen LogP contribution in [0.15, 0.2) is 23.5 Å². The summed E-state index contributed by atoms with van der Waals surface area (Å²) in [6.45, 7) is 8.00. The summed E-state index contributed by atoms with van der Waals surface area (Å²) in [5, 5.41) is 22.0. The molecular formula is C39H44F2N10O3S. The summed E-state index contributed by atoms with van der Waals surface area (Å²) < 4.78 is 44.5. The molecule has 0 radical (unpaired) electrons. The molecule has 4 aromatic rings. The molecule has 4 atom stereocenters. The van der Waals surface area contributed by atoms with E-state index in [1.165, 1.54) is 6.07 Å². The summed E-state index contributed by atoms with van der Waals surface area (Å²) in [7, 11) is 3.63. The van der Waals surface area contributed by atoms with Gasteiger partial charge in [-0.15, -0.1) is 11.3 Å². The minimum Gasteiger partial charge on any atom is -0.474 e. The number of carbonyl (C=O) groups is 1. The van der Waals surface area contributed by atoms with E-state index in [2.05, 4.69) is 26.9 Å². The maximum atomic E-state index is 15.3. The predicted octanol–water partition coefficient (Wildman–Crippen LogP) is 6.34. The molecule has 13 nitrogen and oxygen atoms in total. The van der Waals surface area contributed by atoms with Gasteiger partial charge in [-0.25, -0.2) is 23.6 Å². The number of anilines is 1. The van der Waals surface area contributed by atoms with E-state index in [0.717, 1.165) is 43.6 Å². The fraction of sp³-hybridized carbons (Fsp3) is 0.538. The van der Waals surface area contributed by atoms with E-state index in [0.29, 0.717) is 63.6 Å². The number of fused-ring (bicyclic) bond motifs is 5. The van der Waals surface area contributed by atoms with Crippen molar-refractivity contribution in [1.29, 1.82) is 10.5 Å². The number of pyridine rings is 1. The molecule has 2 unspecified atom stereocenters. The zero-order valence-electron chi connectivity index (χ0n) is 31.7. The van der Waals surface area contributed by atoms with Crippen LogP contribution < -0.4 is 9.64 Å². The molecule has 4 fully saturated rings. The highest BCUT2D eigenvalue weighted by atomic mass is 32.1. The van der Waals surface area contributed by atoms with Gasteiger partial charge in [-0.2, -0.15) is 15.5 Å². The number of aromatic nitrogens is 3. The van der Waals surface area contributed by atoms with Crippen molar-refractivity contribution >= 4 is 55.7 Å². The van der Waals surface area contributed by atoms with Crippen LogP contribution in [0.2, 0.25) is 0 Å². The van der Waals surface area contributed by atoms with E-state index in [1.807, 2.05) is 44.3 Å². The largest absolute Gasteiger partial charge is 0.474 e. The lowest BCUT2D eigenvalue weighted by molar-refractivity contribution is 0.0122. The van der Waals surface area contributed by atoms with E-state index >= 15 is 4.39 Å². The Balaban J connectivity index is 1.22. The number of imidazole rings is 1. The van der Waals surface area contributed by atoms with Gasteiger partial charge in [0, 0.05) is 52.1 Å². The van der Waals surface area contributed by atoms with Gasteiger partial charge in [0.15, 0.2) is 11.3 Å². The fourth-order valence-electron chi connectivity index (χ4n) is 8.91. The van der Waals surface area contributed by atoms with Crippen molar-refractivity contribution in [3.05, 3.63) is 41.0 Å². The molecule has 2 bridgehead atoms. The van der Waals surface area contributed by atoms with Gasteiger partial charge < -0.3 is 23.8 Å². The van der Waals surface area contributed by atoms with Gasteiger partial charge in [0.2, 0.25) is 5.88 Å². The average molecular weight is 771 g/mol. The van der Waals surface area contributed by atoms with Crippen LogP contribution in [-0.4, -0.2) is 118 Å². The lowest BCUT2D eigenvalue weighted by atomic mass is 9.95. The van der Waals surface area contributed by atoms with Crippen molar-refractivity contribution in [2.45, 2.75) is 88.8 Å². The number of hydrogen-bond donors (Lipinski definition) is 0. The van der Waals surface area contributed by atoms with Crippen LogP contribution in [0.4, 0.5) is 24.4 Å². The Morgan fingerprint density at radius 2 is 1.91 bits per heavy atom. The molecular weight excluding hydrogens is 727 g/mol. The fourth-order valence-corrected chi connectivity index (χ4v) is 9.95. The molecule has 0 saturated carbocycles. The molecule has 4 aliphatic rings. The number of aliphatic imine (C=N–C) groups is 1. The third kappa shape index (κ3) is 6.59. The van der Waals surface area contributed by atoms with E-state index in [4.69, 9.17) is 19.4 Å². The van der Waals surface area contributed by atoms with E-state index < -0.39 is 23.1 Å². The zero-order chi connectivity index (χ0) is 38.8. The van der Waals surface area contributed by atoms with Gasteiger partial charge in [-0.05, 0) is 64.6 Å². The van der Waals surface area contributed by atoms with Crippen molar-refractivity contribution in [3.63, 3.8) is 0 Å². The van der Waals surface area contributed by atoms with Crippen molar-refractivity contribution < 1.29 is 23.0 Å². The second-order valence-electron chi connectivity index (χ2n) is 16.4. The van der Waals surface area contributed by atoms with Gasteiger partial charge in [0.1, 0.15) is 46.9 Å². The smallest absolute Gasteiger partial charge is 0.410 e. The molecule has 0 spiro atoms. The first-order chi connectivity index (χ1) is 26.3. The number of thiophene rings is 1. The van der Waals surface area contributed by atoms with Gasteiger partial charge in [0.25, 0.3) is 0 Å². The Morgan fingerprint density at radius 3 is 2.60 bits per heavy atom. The monoisotopic (exact) mass is 770 g/mol. The van der Waals surface area contributed by atoms with Crippen LogP contribution in [0.3, 0.4) is 0 Å². The number of nitriles is 2. The first-order valence-corrected chi connectivity index (χ1v) is 19.5. The number of carbonyl (C=O) groups excluding carboxylic acids is 1. The van der Waals surface area contributed by atoms with E-state index in [9.17, 15) is 19.7 Å². The molecule has 0 aliphatic carbocycles. The zero-order valence-corrected chi connectivity index (χ0v) is 32.5. The normalized spacial score (nSPS) is 23.8. The summed E-state index contributed by atoms with van der Waals surface area (Å²) in [5.74, 6) is 0.205. The van der Waals surface area contributed by atoms with Crippen LogP contribution >= 0.6 is 11.3 Å². The number of benzene rings is 1. The Bertz CT molecular complexity index is 2270. The molecule has 7 heterocycles. The highest BCUT2D eigenvalue weighted by Crippen LogP contribution is 2.44. The molecule has 4 saturated heterocycles. The van der Waals surface area contributed by atoms with Crippen molar-refractivity contribution in [2.24, 2.45) is 4.99 Å². The molecule has 1 amide bonds. The second kappa shape index (κ2) is 13.9. The third-order valence-corrected chi connectivity index (χ3v) is 12.3. The first-order valence-electron chi connectivity index (χ1n) is 18.7. The number of ether oxygens (including phenoxy) is 2. The van der Waals surface area contributed by atoms with Crippen molar-refractivity contribution in [1.82, 2.24) is 29.2 Å². The summed E-state index contributed by atoms with van der Waals surface area (Å²) >= 11 is 1.11. The van der Waals surface area contributed by atoms with Gasteiger partial charge in [-0.1, -0.05) is 6.07 Å². The Hall–Kier alpha value is -5.06. The van der Waals surface area contributed by atoms with E-state index in [-0.39, 0.29) is 48.3 Å². The van der Waals surface area contributed by atoms with Crippen LogP contribution in [0.5, 0.6) is 5.88 Å². The van der Waals surface area contributed by atoms with Crippen LogP contribution in [-0.2, 0) is 11.3 Å². The molecule has 3 aromatic heterocycles. The average Bonchev–Trinajstić information content (AvgIpc) is 3.93. The molecule has 288 valence electrons.